The molecule has 1 saturated carbocycles. The predicted octanol–water partition coefficient (Wildman–Crippen LogP) is 3.92. The molecule has 0 spiro atoms. The molecule has 0 atom stereocenters. The van der Waals surface area contributed by atoms with Crippen molar-refractivity contribution in [1.82, 2.24) is 15.5 Å². The lowest BCUT2D eigenvalue weighted by atomic mass is 10.2. The quantitative estimate of drug-likeness (QED) is 0.595. The molecular formula is C20H17ClN4O3S. The van der Waals surface area contributed by atoms with Crippen molar-refractivity contribution in [3.05, 3.63) is 69.1 Å². The second kappa shape index (κ2) is 8.59. The highest BCUT2D eigenvalue weighted by Gasteiger charge is 2.23. The van der Waals surface area contributed by atoms with Crippen LogP contribution in [0.1, 0.15) is 38.0 Å². The van der Waals surface area contributed by atoms with E-state index in [-0.39, 0.29) is 23.4 Å². The second-order valence-electron chi connectivity index (χ2n) is 6.52. The Morgan fingerprint density at radius 3 is 2.45 bits per heavy atom. The fourth-order valence-electron chi connectivity index (χ4n) is 2.47. The molecule has 1 heterocycles. The Balaban J connectivity index is 1.31. The van der Waals surface area contributed by atoms with Gasteiger partial charge in [0.15, 0.2) is 5.01 Å². The van der Waals surface area contributed by atoms with Gasteiger partial charge in [-0.1, -0.05) is 22.9 Å². The Labute approximate surface area is 176 Å². The maximum atomic E-state index is 12.4. The first-order valence-corrected chi connectivity index (χ1v) is 10.2. The molecule has 1 aliphatic carbocycles. The average Bonchev–Trinajstić information content (AvgIpc) is 3.41. The monoisotopic (exact) mass is 428 g/mol. The molecule has 0 unspecified atom stereocenters. The number of carbonyl (C=O) groups excluding carboxylic acids is 2. The minimum absolute atomic E-state index is 0.0974. The molecule has 1 fully saturated rings. The van der Waals surface area contributed by atoms with E-state index >= 15 is 0 Å². The number of hydrogen-bond acceptors (Lipinski definition) is 6. The zero-order chi connectivity index (χ0) is 20.2. The molecule has 3 aromatic rings. The van der Waals surface area contributed by atoms with Gasteiger partial charge in [-0.15, -0.1) is 10.2 Å². The van der Waals surface area contributed by atoms with E-state index in [9.17, 15) is 9.59 Å². The van der Waals surface area contributed by atoms with Crippen LogP contribution < -0.4 is 15.4 Å². The van der Waals surface area contributed by atoms with Gasteiger partial charge in [0.1, 0.15) is 12.4 Å². The number of amides is 2. The van der Waals surface area contributed by atoms with Crippen LogP contribution in [0.5, 0.6) is 5.75 Å². The normalized spacial score (nSPS) is 13.0. The molecule has 0 aliphatic heterocycles. The molecule has 1 aromatic heterocycles. The number of ether oxygens (including phenoxy) is 1. The van der Waals surface area contributed by atoms with Gasteiger partial charge in [0.05, 0.1) is 0 Å². The molecule has 0 radical (unpaired) electrons. The van der Waals surface area contributed by atoms with E-state index in [1.165, 1.54) is 0 Å². The minimum Gasteiger partial charge on any atom is -0.486 e. The van der Waals surface area contributed by atoms with E-state index in [1.54, 1.807) is 48.5 Å². The number of carbonyl (C=O) groups is 2. The summed E-state index contributed by atoms with van der Waals surface area (Å²) in [5, 5.41) is 15.0. The van der Waals surface area contributed by atoms with E-state index in [0.29, 0.717) is 33.1 Å². The van der Waals surface area contributed by atoms with E-state index in [2.05, 4.69) is 20.8 Å². The fourth-order valence-corrected chi connectivity index (χ4v) is 3.24. The Morgan fingerprint density at radius 2 is 1.76 bits per heavy atom. The SMILES string of the molecule is O=C(NC1CC1)c1ccc(NC(=O)c2nnc(COc3ccc(Cl)cc3)s2)cc1. The molecule has 148 valence electrons. The second-order valence-corrected chi connectivity index (χ2v) is 8.02. The van der Waals surface area contributed by atoms with Gasteiger partial charge in [0.25, 0.3) is 11.8 Å². The fraction of sp³-hybridized carbons (Fsp3) is 0.200. The highest BCUT2D eigenvalue weighted by atomic mass is 35.5. The molecule has 29 heavy (non-hydrogen) atoms. The zero-order valence-electron chi connectivity index (χ0n) is 15.2. The highest BCUT2D eigenvalue weighted by molar-refractivity contribution is 7.13. The van der Waals surface area contributed by atoms with Gasteiger partial charge < -0.3 is 15.4 Å². The first kappa shape index (κ1) is 19.4. The van der Waals surface area contributed by atoms with Crippen LogP contribution in [0.3, 0.4) is 0 Å². The van der Waals surface area contributed by atoms with Crippen molar-refractivity contribution in [3.8, 4) is 5.75 Å². The van der Waals surface area contributed by atoms with Gasteiger partial charge in [-0.2, -0.15) is 0 Å². The standard InChI is InChI=1S/C20H17ClN4O3S/c21-13-3-9-16(10-4-13)28-11-17-24-25-20(29-17)19(27)23-14-5-1-12(2-6-14)18(26)22-15-7-8-15/h1-6,9-10,15H,7-8,11H2,(H,22,26)(H,23,27). The van der Waals surface area contributed by atoms with Crippen LogP contribution in [0.15, 0.2) is 48.5 Å². The van der Waals surface area contributed by atoms with Crippen LogP contribution in [0.4, 0.5) is 5.69 Å². The van der Waals surface area contributed by atoms with Gasteiger partial charge in [0.2, 0.25) is 5.01 Å². The van der Waals surface area contributed by atoms with Crippen LogP contribution in [0.2, 0.25) is 5.02 Å². The third-order valence-corrected chi connectivity index (χ3v) is 5.30. The van der Waals surface area contributed by atoms with Gasteiger partial charge in [-0.25, -0.2) is 0 Å². The Bertz CT molecular complexity index is 1020. The number of anilines is 1. The first-order chi connectivity index (χ1) is 14.1. The van der Waals surface area contributed by atoms with Crippen molar-refractivity contribution in [2.24, 2.45) is 0 Å². The Hall–Kier alpha value is -2.97. The predicted molar refractivity (Wildman–Crippen MR) is 111 cm³/mol. The maximum absolute atomic E-state index is 12.4. The van der Waals surface area contributed by atoms with Crippen molar-refractivity contribution in [2.75, 3.05) is 5.32 Å². The molecule has 0 saturated heterocycles. The summed E-state index contributed by atoms with van der Waals surface area (Å²) in [7, 11) is 0. The maximum Gasteiger partial charge on any atom is 0.286 e. The highest BCUT2D eigenvalue weighted by Crippen LogP contribution is 2.21. The summed E-state index contributed by atoms with van der Waals surface area (Å²) in [4.78, 5) is 24.4. The van der Waals surface area contributed by atoms with Gasteiger partial charge in [-0.3, -0.25) is 9.59 Å². The van der Waals surface area contributed by atoms with Crippen LogP contribution >= 0.6 is 22.9 Å². The summed E-state index contributed by atoms with van der Waals surface area (Å²) in [5.74, 6) is 0.191. The van der Waals surface area contributed by atoms with Crippen molar-refractivity contribution in [3.63, 3.8) is 0 Å². The van der Waals surface area contributed by atoms with Crippen molar-refractivity contribution in [2.45, 2.75) is 25.5 Å². The van der Waals surface area contributed by atoms with Crippen LogP contribution in [0.25, 0.3) is 0 Å². The first-order valence-electron chi connectivity index (χ1n) is 9.00. The molecule has 2 N–H and O–H groups in total. The third-order valence-electron chi connectivity index (χ3n) is 4.15. The summed E-state index contributed by atoms with van der Waals surface area (Å²) < 4.78 is 5.61. The molecule has 2 aromatic carbocycles. The number of nitrogens with one attached hydrogen (secondary N) is 2. The number of aromatic nitrogens is 2. The molecule has 4 rings (SSSR count). The number of halogens is 1. The molecule has 9 heteroatoms. The summed E-state index contributed by atoms with van der Waals surface area (Å²) in [6.45, 7) is 0.206. The van der Waals surface area contributed by atoms with E-state index in [0.717, 1.165) is 24.2 Å². The molecule has 2 amide bonds. The number of nitrogens with zero attached hydrogens (tertiary/aromatic N) is 2. The summed E-state index contributed by atoms with van der Waals surface area (Å²) in [6.07, 6.45) is 2.07. The molecule has 0 bridgehead atoms. The summed E-state index contributed by atoms with van der Waals surface area (Å²) in [5.41, 5.74) is 1.14. The number of hydrogen-bond donors (Lipinski definition) is 2. The average molecular weight is 429 g/mol. The molecule has 7 nitrogen and oxygen atoms in total. The summed E-state index contributed by atoms with van der Waals surface area (Å²) >= 11 is 6.99. The lowest BCUT2D eigenvalue weighted by Gasteiger charge is -2.05. The topological polar surface area (TPSA) is 93.2 Å². The molecular weight excluding hydrogens is 412 g/mol. The van der Waals surface area contributed by atoms with E-state index in [4.69, 9.17) is 16.3 Å². The zero-order valence-corrected chi connectivity index (χ0v) is 16.8. The van der Waals surface area contributed by atoms with E-state index in [1.807, 2.05) is 0 Å². The van der Waals surface area contributed by atoms with Gasteiger partial charge in [-0.05, 0) is 61.4 Å². The minimum atomic E-state index is -0.365. The largest absolute Gasteiger partial charge is 0.486 e. The van der Waals surface area contributed by atoms with Gasteiger partial charge >= 0.3 is 0 Å². The van der Waals surface area contributed by atoms with Crippen LogP contribution in [-0.2, 0) is 6.61 Å². The van der Waals surface area contributed by atoms with Crippen LogP contribution in [-0.4, -0.2) is 28.1 Å². The number of benzene rings is 2. The lowest BCUT2D eigenvalue weighted by molar-refractivity contribution is 0.0950. The molecule has 1 aliphatic rings. The van der Waals surface area contributed by atoms with Crippen molar-refractivity contribution >= 4 is 40.4 Å². The summed E-state index contributed by atoms with van der Waals surface area (Å²) in [6, 6.07) is 14.0. The Kier molecular flexibility index (Phi) is 5.73. The Morgan fingerprint density at radius 1 is 1.03 bits per heavy atom. The smallest absolute Gasteiger partial charge is 0.286 e. The van der Waals surface area contributed by atoms with Crippen LogP contribution in [0, 0.1) is 0 Å². The third kappa shape index (κ3) is 5.30. The van der Waals surface area contributed by atoms with E-state index < -0.39 is 0 Å². The van der Waals surface area contributed by atoms with Gasteiger partial charge in [0, 0.05) is 22.3 Å². The number of rotatable bonds is 7. The lowest BCUT2D eigenvalue weighted by Crippen LogP contribution is -2.25. The van der Waals surface area contributed by atoms with Crippen molar-refractivity contribution < 1.29 is 14.3 Å². The van der Waals surface area contributed by atoms with Crippen molar-refractivity contribution in [1.29, 1.82) is 0 Å².